The third kappa shape index (κ3) is 6.57. The molecule has 0 aromatic rings. The van der Waals surface area contributed by atoms with Gasteiger partial charge in [-0.3, -0.25) is 0 Å². The Morgan fingerprint density at radius 3 is 2.55 bits per heavy atom. The highest BCUT2D eigenvalue weighted by atomic mass is 16.3. The highest BCUT2D eigenvalue weighted by molar-refractivity contribution is 5.74. The van der Waals surface area contributed by atoms with Gasteiger partial charge in [0.25, 0.3) is 0 Å². The second-order valence-corrected chi connectivity index (χ2v) is 6.25. The Kier molecular flexibility index (Phi) is 7.92. The molecule has 1 aliphatic rings. The van der Waals surface area contributed by atoms with Crippen LogP contribution in [0.2, 0.25) is 0 Å². The molecule has 1 fully saturated rings. The molecular formula is C15H31N3O2. The Balaban J connectivity index is 2.10. The number of amides is 2. The maximum Gasteiger partial charge on any atom is 0.315 e. The van der Waals surface area contributed by atoms with Crippen molar-refractivity contribution in [3.05, 3.63) is 0 Å². The predicted octanol–water partition coefficient (Wildman–Crippen LogP) is 1.42. The Morgan fingerprint density at radius 2 is 2.00 bits per heavy atom. The van der Waals surface area contributed by atoms with E-state index >= 15 is 0 Å². The third-order valence-electron chi connectivity index (χ3n) is 3.93. The van der Waals surface area contributed by atoms with Crippen molar-refractivity contribution in [2.24, 2.45) is 11.8 Å². The molecule has 3 N–H and O–H groups in total. The quantitative estimate of drug-likeness (QED) is 0.620. The van der Waals surface area contributed by atoms with E-state index in [9.17, 15) is 4.79 Å². The number of carbonyl (C=O) groups is 1. The van der Waals surface area contributed by atoms with Gasteiger partial charge in [0.2, 0.25) is 0 Å². The number of aliphatic hydroxyl groups excluding tert-OH is 1. The van der Waals surface area contributed by atoms with Crippen molar-refractivity contribution in [1.82, 2.24) is 15.5 Å². The summed E-state index contributed by atoms with van der Waals surface area (Å²) in [6.07, 6.45) is 3.05. The number of likely N-dealkylation sites (tertiary alicyclic amines) is 1. The maximum absolute atomic E-state index is 11.6. The van der Waals surface area contributed by atoms with Gasteiger partial charge >= 0.3 is 6.03 Å². The van der Waals surface area contributed by atoms with E-state index in [1.165, 1.54) is 19.5 Å². The monoisotopic (exact) mass is 285 g/mol. The number of nitrogens with one attached hydrogen (secondary N) is 2. The van der Waals surface area contributed by atoms with E-state index in [1.54, 1.807) is 0 Å². The van der Waals surface area contributed by atoms with Gasteiger partial charge in [-0.25, -0.2) is 4.79 Å². The van der Waals surface area contributed by atoms with Crippen molar-refractivity contribution >= 4 is 6.03 Å². The summed E-state index contributed by atoms with van der Waals surface area (Å²) in [6.45, 7) is 10.7. The van der Waals surface area contributed by atoms with Gasteiger partial charge in [0.15, 0.2) is 0 Å². The average molecular weight is 285 g/mol. The summed E-state index contributed by atoms with van der Waals surface area (Å²) < 4.78 is 0. The minimum absolute atomic E-state index is 0.00647. The van der Waals surface area contributed by atoms with Gasteiger partial charge in [0, 0.05) is 19.6 Å². The summed E-state index contributed by atoms with van der Waals surface area (Å²) in [7, 11) is 0. The fourth-order valence-electron chi connectivity index (χ4n) is 2.99. The van der Waals surface area contributed by atoms with E-state index < -0.39 is 0 Å². The summed E-state index contributed by atoms with van der Waals surface area (Å²) in [5, 5.41) is 14.6. The van der Waals surface area contributed by atoms with Crippen LogP contribution in [0.15, 0.2) is 0 Å². The van der Waals surface area contributed by atoms with Gasteiger partial charge in [0.05, 0.1) is 12.6 Å². The molecule has 5 nitrogen and oxygen atoms in total. The maximum atomic E-state index is 11.6. The number of hydrogen-bond donors (Lipinski definition) is 3. The highest BCUT2D eigenvalue weighted by Crippen LogP contribution is 2.20. The fraction of sp³-hybridized carbons (Fsp3) is 0.933. The van der Waals surface area contributed by atoms with Gasteiger partial charge in [-0.2, -0.15) is 0 Å². The third-order valence-corrected chi connectivity index (χ3v) is 3.93. The van der Waals surface area contributed by atoms with Crippen molar-refractivity contribution in [2.75, 3.05) is 32.8 Å². The SMILES string of the molecule is CCC(CO)NC(=O)NCCCN1CC(C)CC(C)C1. The van der Waals surface area contributed by atoms with E-state index in [2.05, 4.69) is 29.4 Å². The number of urea groups is 1. The normalized spacial score (nSPS) is 25.2. The highest BCUT2D eigenvalue weighted by Gasteiger charge is 2.21. The van der Waals surface area contributed by atoms with Crippen LogP contribution in [0.5, 0.6) is 0 Å². The van der Waals surface area contributed by atoms with Crippen LogP contribution in [0.4, 0.5) is 4.79 Å². The summed E-state index contributed by atoms with van der Waals surface area (Å²) in [5.74, 6) is 1.56. The number of aliphatic hydroxyl groups is 1. The molecule has 0 spiro atoms. The molecule has 0 bridgehead atoms. The lowest BCUT2D eigenvalue weighted by atomic mass is 9.92. The minimum Gasteiger partial charge on any atom is -0.394 e. The molecule has 3 unspecified atom stereocenters. The van der Waals surface area contributed by atoms with Crippen molar-refractivity contribution in [1.29, 1.82) is 0 Å². The van der Waals surface area contributed by atoms with Crippen LogP contribution in [0.3, 0.4) is 0 Å². The van der Waals surface area contributed by atoms with Gasteiger partial charge in [-0.05, 0) is 37.6 Å². The van der Waals surface area contributed by atoms with E-state index in [1.807, 2.05) is 6.92 Å². The molecule has 0 aliphatic carbocycles. The van der Waals surface area contributed by atoms with Crippen molar-refractivity contribution < 1.29 is 9.90 Å². The molecule has 2 amide bonds. The van der Waals surface area contributed by atoms with Gasteiger partial charge in [0.1, 0.15) is 0 Å². The fourth-order valence-corrected chi connectivity index (χ4v) is 2.99. The molecule has 1 rings (SSSR count). The van der Waals surface area contributed by atoms with Crippen LogP contribution < -0.4 is 10.6 Å². The number of piperidine rings is 1. The van der Waals surface area contributed by atoms with Crippen LogP contribution in [0, 0.1) is 11.8 Å². The topological polar surface area (TPSA) is 64.6 Å². The van der Waals surface area contributed by atoms with E-state index in [0.29, 0.717) is 6.54 Å². The lowest BCUT2D eigenvalue weighted by molar-refractivity contribution is 0.139. The van der Waals surface area contributed by atoms with Crippen LogP contribution in [-0.2, 0) is 0 Å². The Hall–Kier alpha value is -0.810. The molecule has 1 saturated heterocycles. The molecule has 0 aromatic heterocycles. The lowest BCUT2D eigenvalue weighted by Crippen LogP contribution is -2.44. The van der Waals surface area contributed by atoms with E-state index in [4.69, 9.17) is 5.11 Å². The number of nitrogens with zero attached hydrogens (tertiary/aromatic N) is 1. The summed E-state index contributed by atoms with van der Waals surface area (Å²) in [5.41, 5.74) is 0. The van der Waals surface area contributed by atoms with Crippen LogP contribution in [0.1, 0.15) is 40.0 Å². The van der Waals surface area contributed by atoms with Crippen molar-refractivity contribution in [3.63, 3.8) is 0 Å². The molecule has 1 heterocycles. The van der Waals surface area contributed by atoms with E-state index in [-0.39, 0.29) is 18.7 Å². The van der Waals surface area contributed by atoms with Crippen LogP contribution in [-0.4, -0.2) is 54.9 Å². The smallest absolute Gasteiger partial charge is 0.315 e. The predicted molar refractivity (Wildman–Crippen MR) is 81.7 cm³/mol. The molecule has 0 radical (unpaired) electrons. The molecule has 0 saturated carbocycles. The van der Waals surface area contributed by atoms with Gasteiger partial charge in [-0.1, -0.05) is 20.8 Å². The molecule has 20 heavy (non-hydrogen) atoms. The zero-order valence-electron chi connectivity index (χ0n) is 13.2. The van der Waals surface area contributed by atoms with Gasteiger partial charge in [-0.15, -0.1) is 0 Å². The summed E-state index contributed by atoms with van der Waals surface area (Å²) >= 11 is 0. The molecule has 5 heteroatoms. The lowest BCUT2D eigenvalue weighted by Gasteiger charge is -2.34. The Labute approximate surface area is 123 Å². The zero-order valence-corrected chi connectivity index (χ0v) is 13.2. The summed E-state index contributed by atoms with van der Waals surface area (Å²) in [4.78, 5) is 14.1. The minimum atomic E-state index is -0.175. The number of carbonyl (C=O) groups excluding carboxylic acids is 1. The second-order valence-electron chi connectivity index (χ2n) is 6.25. The second kappa shape index (κ2) is 9.19. The Bertz CT molecular complexity index is 272. The number of hydrogen-bond acceptors (Lipinski definition) is 3. The molecular weight excluding hydrogens is 254 g/mol. The van der Waals surface area contributed by atoms with Crippen molar-refractivity contribution in [2.45, 2.75) is 46.1 Å². The van der Waals surface area contributed by atoms with E-state index in [0.717, 1.165) is 31.2 Å². The molecule has 3 atom stereocenters. The first-order valence-electron chi connectivity index (χ1n) is 7.92. The summed E-state index contributed by atoms with van der Waals surface area (Å²) in [6, 6.07) is -0.315. The van der Waals surface area contributed by atoms with Crippen LogP contribution >= 0.6 is 0 Å². The van der Waals surface area contributed by atoms with Crippen molar-refractivity contribution in [3.8, 4) is 0 Å². The average Bonchev–Trinajstić information content (AvgIpc) is 2.40. The largest absolute Gasteiger partial charge is 0.394 e. The molecule has 0 aromatic carbocycles. The number of rotatable bonds is 7. The molecule has 1 aliphatic heterocycles. The van der Waals surface area contributed by atoms with Crippen LogP contribution in [0.25, 0.3) is 0 Å². The Morgan fingerprint density at radius 1 is 1.35 bits per heavy atom. The first-order chi connectivity index (χ1) is 9.55. The first kappa shape index (κ1) is 17.2. The zero-order chi connectivity index (χ0) is 15.0. The molecule has 118 valence electrons. The standard InChI is InChI=1S/C15H31N3O2/c1-4-14(11-19)17-15(20)16-6-5-7-18-9-12(2)8-13(3)10-18/h12-14,19H,4-11H2,1-3H3,(H2,16,17,20). The first-order valence-corrected chi connectivity index (χ1v) is 7.92. The van der Waals surface area contributed by atoms with Gasteiger partial charge < -0.3 is 20.6 Å².